The Labute approximate surface area is 202 Å². The van der Waals surface area contributed by atoms with Crippen LogP contribution in [-0.4, -0.2) is 34.6 Å². The summed E-state index contributed by atoms with van der Waals surface area (Å²) in [6.07, 6.45) is 4.73. The van der Waals surface area contributed by atoms with Crippen LogP contribution in [0.25, 0.3) is 0 Å². The van der Waals surface area contributed by atoms with Gasteiger partial charge in [0.25, 0.3) is 0 Å². The molecular weight excluding hydrogens is 496 g/mol. The summed E-state index contributed by atoms with van der Waals surface area (Å²) < 4.78 is 0.987. The molecule has 2 aromatic carbocycles. The van der Waals surface area contributed by atoms with Crippen LogP contribution < -0.4 is 5.32 Å². The van der Waals surface area contributed by atoms with Gasteiger partial charge in [0.05, 0.1) is 0 Å². The molecule has 1 aliphatic rings. The van der Waals surface area contributed by atoms with Crippen LogP contribution in [0.15, 0.2) is 57.9 Å². The van der Waals surface area contributed by atoms with Gasteiger partial charge < -0.3 is 10.2 Å². The van der Waals surface area contributed by atoms with E-state index in [9.17, 15) is 9.59 Å². The van der Waals surface area contributed by atoms with Crippen LogP contribution >= 0.6 is 39.3 Å². The average molecular weight is 524 g/mol. The zero-order valence-corrected chi connectivity index (χ0v) is 20.8. The molecule has 1 unspecified atom stereocenters. The van der Waals surface area contributed by atoms with Crippen LogP contribution in [0.4, 0.5) is 0 Å². The predicted octanol–water partition coefficient (Wildman–Crippen LogP) is 6.06. The maximum atomic E-state index is 13.1. The molecule has 1 aliphatic carbocycles. The van der Waals surface area contributed by atoms with E-state index in [0.29, 0.717) is 23.7 Å². The molecule has 166 valence electrons. The first kappa shape index (κ1) is 24.1. The van der Waals surface area contributed by atoms with Crippen molar-refractivity contribution in [2.75, 3.05) is 5.75 Å². The Morgan fingerprint density at radius 3 is 2.42 bits per heavy atom. The molecule has 31 heavy (non-hydrogen) atoms. The van der Waals surface area contributed by atoms with Gasteiger partial charge in [-0.25, -0.2) is 0 Å². The van der Waals surface area contributed by atoms with Crippen LogP contribution in [0.2, 0.25) is 5.02 Å². The molecule has 7 heteroatoms. The van der Waals surface area contributed by atoms with Crippen molar-refractivity contribution in [2.24, 2.45) is 0 Å². The second-order valence-electron chi connectivity index (χ2n) is 7.87. The van der Waals surface area contributed by atoms with Gasteiger partial charge in [-0.1, -0.05) is 52.5 Å². The lowest BCUT2D eigenvalue weighted by atomic mass is 10.1. The molecule has 1 N–H and O–H groups in total. The van der Waals surface area contributed by atoms with Crippen molar-refractivity contribution in [1.82, 2.24) is 10.2 Å². The van der Waals surface area contributed by atoms with Crippen molar-refractivity contribution in [3.63, 3.8) is 0 Å². The summed E-state index contributed by atoms with van der Waals surface area (Å²) in [5.41, 5.74) is 1.00. The van der Waals surface area contributed by atoms with Crippen LogP contribution in [0.3, 0.4) is 0 Å². The molecule has 2 amide bonds. The normalized spacial score (nSPS) is 14.9. The SMILES string of the molecule is CC(C(=O)NC1CCCC1)N(Cc1ccc(Br)cc1)C(=O)CCSc1ccc(Cl)cc1. The molecule has 3 rings (SSSR count). The van der Waals surface area contributed by atoms with Crippen molar-refractivity contribution in [3.05, 3.63) is 63.6 Å². The van der Waals surface area contributed by atoms with Gasteiger partial charge in [-0.05, 0) is 61.7 Å². The molecule has 4 nitrogen and oxygen atoms in total. The largest absolute Gasteiger partial charge is 0.352 e. The number of carbonyl (C=O) groups excluding carboxylic acids is 2. The van der Waals surface area contributed by atoms with Crippen molar-refractivity contribution in [3.8, 4) is 0 Å². The fourth-order valence-corrected chi connectivity index (χ4v) is 4.92. The van der Waals surface area contributed by atoms with Gasteiger partial charge in [0, 0.05) is 39.2 Å². The van der Waals surface area contributed by atoms with Crippen molar-refractivity contribution in [1.29, 1.82) is 0 Å². The Balaban J connectivity index is 1.64. The number of benzene rings is 2. The van der Waals surface area contributed by atoms with Gasteiger partial charge >= 0.3 is 0 Å². The zero-order valence-electron chi connectivity index (χ0n) is 17.7. The summed E-state index contributed by atoms with van der Waals surface area (Å²) in [4.78, 5) is 28.8. The lowest BCUT2D eigenvalue weighted by Crippen LogP contribution is -2.49. The number of rotatable bonds is 9. The molecule has 1 fully saturated rings. The number of hydrogen-bond donors (Lipinski definition) is 1. The fourth-order valence-electron chi connectivity index (χ4n) is 3.69. The highest BCUT2D eigenvalue weighted by Crippen LogP contribution is 2.23. The molecule has 0 saturated heterocycles. The Kier molecular flexibility index (Phi) is 9.30. The molecule has 1 saturated carbocycles. The Morgan fingerprint density at radius 2 is 1.77 bits per heavy atom. The molecule has 0 bridgehead atoms. The number of halogens is 2. The summed E-state index contributed by atoms with van der Waals surface area (Å²) in [7, 11) is 0. The van der Waals surface area contributed by atoms with Gasteiger partial charge in [-0.3, -0.25) is 9.59 Å². The summed E-state index contributed by atoms with van der Waals surface area (Å²) in [5, 5.41) is 3.84. The second kappa shape index (κ2) is 11.9. The lowest BCUT2D eigenvalue weighted by Gasteiger charge is -2.30. The third kappa shape index (κ3) is 7.55. The van der Waals surface area contributed by atoms with E-state index in [-0.39, 0.29) is 17.9 Å². The third-order valence-corrected chi connectivity index (χ3v) is 7.33. The van der Waals surface area contributed by atoms with E-state index in [2.05, 4.69) is 21.2 Å². The van der Waals surface area contributed by atoms with Crippen LogP contribution in [0.5, 0.6) is 0 Å². The fraction of sp³-hybridized carbons (Fsp3) is 0.417. The lowest BCUT2D eigenvalue weighted by molar-refractivity contribution is -0.140. The van der Waals surface area contributed by atoms with E-state index in [0.717, 1.165) is 40.6 Å². The molecule has 0 heterocycles. The molecule has 1 atom stereocenters. The quantitative estimate of drug-likeness (QED) is 0.406. The molecule has 0 spiro atoms. The zero-order chi connectivity index (χ0) is 22.2. The summed E-state index contributed by atoms with van der Waals surface area (Å²) in [5.74, 6) is 0.565. The molecular formula is C24H28BrClN2O2S. The van der Waals surface area contributed by atoms with Gasteiger partial charge in [-0.15, -0.1) is 11.8 Å². The van der Waals surface area contributed by atoms with E-state index in [1.807, 2.05) is 55.5 Å². The van der Waals surface area contributed by atoms with Gasteiger partial charge in [0.1, 0.15) is 6.04 Å². The van der Waals surface area contributed by atoms with Gasteiger partial charge in [0.2, 0.25) is 11.8 Å². The van der Waals surface area contributed by atoms with E-state index >= 15 is 0 Å². The minimum atomic E-state index is -0.516. The highest BCUT2D eigenvalue weighted by molar-refractivity contribution is 9.10. The Morgan fingerprint density at radius 1 is 1.13 bits per heavy atom. The first-order valence-corrected chi connectivity index (χ1v) is 12.8. The molecule has 0 radical (unpaired) electrons. The first-order chi connectivity index (χ1) is 14.9. The predicted molar refractivity (Wildman–Crippen MR) is 131 cm³/mol. The maximum Gasteiger partial charge on any atom is 0.242 e. The van der Waals surface area contributed by atoms with Gasteiger partial charge in [-0.2, -0.15) is 0 Å². The summed E-state index contributed by atoms with van der Waals surface area (Å²) >= 11 is 11.0. The third-order valence-electron chi connectivity index (χ3n) is 5.53. The number of thioether (sulfide) groups is 1. The number of amides is 2. The topological polar surface area (TPSA) is 49.4 Å². The second-order valence-corrected chi connectivity index (χ2v) is 10.4. The molecule has 2 aromatic rings. The summed E-state index contributed by atoms with van der Waals surface area (Å²) in [6, 6.07) is 15.2. The highest BCUT2D eigenvalue weighted by atomic mass is 79.9. The van der Waals surface area contributed by atoms with Crippen molar-refractivity contribution >= 4 is 51.1 Å². The number of nitrogens with zero attached hydrogens (tertiary/aromatic N) is 1. The minimum absolute atomic E-state index is 0.0153. The average Bonchev–Trinajstić information content (AvgIpc) is 3.27. The number of carbonyl (C=O) groups is 2. The Bertz CT molecular complexity index is 870. The van der Waals surface area contributed by atoms with E-state index < -0.39 is 6.04 Å². The number of nitrogens with one attached hydrogen (secondary N) is 1. The van der Waals surface area contributed by atoms with E-state index in [1.54, 1.807) is 16.7 Å². The highest BCUT2D eigenvalue weighted by Gasteiger charge is 2.28. The van der Waals surface area contributed by atoms with Crippen molar-refractivity contribution in [2.45, 2.75) is 62.6 Å². The standard InChI is InChI=1S/C24H28BrClN2O2S/c1-17(24(30)27-21-4-2-3-5-21)28(16-18-6-8-19(25)9-7-18)23(29)14-15-31-22-12-10-20(26)11-13-22/h6-13,17,21H,2-5,14-16H2,1H3,(H,27,30). The van der Waals surface area contributed by atoms with E-state index in [4.69, 9.17) is 11.6 Å². The van der Waals surface area contributed by atoms with Gasteiger partial charge in [0.15, 0.2) is 0 Å². The Hall–Kier alpha value is -1.50. The van der Waals surface area contributed by atoms with Crippen molar-refractivity contribution < 1.29 is 9.59 Å². The van der Waals surface area contributed by atoms with Crippen LogP contribution in [-0.2, 0) is 16.1 Å². The molecule has 0 aliphatic heterocycles. The van der Waals surface area contributed by atoms with Crippen LogP contribution in [0.1, 0.15) is 44.6 Å². The van der Waals surface area contributed by atoms with Crippen LogP contribution in [0, 0.1) is 0 Å². The smallest absolute Gasteiger partial charge is 0.242 e. The first-order valence-electron chi connectivity index (χ1n) is 10.6. The minimum Gasteiger partial charge on any atom is -0.352 e. The monoisotopic (exact) mass is 522 g/mol. The maximum absolute atomic E-state index is 13.1. The molecule has 0 aromatic heterocycles. The van der Waals surface area contributed by atoms with E-state index in [1.165, 1.54) is 0 Å². The summed E-state index contributed by atoms with van der Waals surface area (Å²) in [6.45, 7) is 2.24. The number of hydrogen-bond acceptors (Lipinski definition) is 3.